The molecule has 2 rings (SSSR count). The number of pyridine rings is 1. The molecule has 0 aromatic carbocycles. The standard InChI is InChI=1S/C17H26N2O/c1-3-14-7-8-15(19-13-14)11-16(20)12-17(18-2)9-5-4-6-10-17/h7-8,13,18H,3-6,9-12H2,1-2H3. The molecule has 1 N–H and O–H groups in total. The zero-order valence-corrected chi connectivity index (χ0v) is 12.7. The van der Waals surface area contributed by atoms with Gasteiger partial charge in [0.05, 0.1) is 0 Å². The fraction of sp³-hybridized carbons (Fsp3) is 0.647. The molecule has 1 aromatic rings. The van der Waals surface area contributed by atoms with Crippen molar-refractivity contribution in [3.63, 3.8) is 0 Å². The Bertz CT molecular complexity index is 433. The Morgan fingerprint density at radius 3 is 2.60 bits per heavy atom. The Balaban J connectivity index is 1.93. The van der Waals surface area contributed by atoms with Gasteiger partial charge in [-0.1, -0.05) is 32.3 Å². The highest BCUT2D eigenvalue weighted by Crippen LogP contribution is 2.31. The highest BCUT2D eigenvalue weighted by molar-refractivity contribution is 5.81. The quantitative estimate of drug-likeness (QED) is 0.867. The molecule has 1 heterocycles. The van der Waals surface area contributed by atoms with Gasteiger partial charge in [0.1, 0.15) is 5.78 Å². The molecule has 110 valence electrons. The molecule has 0 aliphatic heterocycles. The average molecular weight is 274 g/mol. The zero-order chi connectivity index (χ0) is 14.4. The number of rotatable bonds is 6. The molecule has 1 aromatic heterocycles. The van der Waals surface area contributed by atoms with Crippen molar-refractivity contribution in [1.82, 2.24) is 10.3 Å². The maximum atomic E-state index is 12.3. The largest absolute Gasteiger partial charge is 0.314 e. The molecule has 0 bridgehead atoms. The maximum Gasteiger partial charge on any atom is 0.140 e. The van der Waals surface area contributed by atoms with Crippen LogP contribution in [0.4, 0.5) is 0 Å². The Labute approximate surface area is 122 Å². The van der Waals surface area contributed by atoms with Crippen molar-refractivity contribution >= 4 is 5.78 Å². The second-order valence-electron chi connectivity index (χ2n) is 5.99. The summed E-state index contributed by atoms with van der Waals surface area (Å²) in [6.45, 7) is 2.11. The Hall–Kier alpha value is -1.22. The number of nitrogens with zero attached hydrogens (tertiary/aromatic N) is 1. The molecule has 0 atom stereocenters. The van der Waals surface area contributed by atoms with E-state index in [1.807, 2.05) is 19.3 Å². The van der Waals surface area contributed by atoms with Crippen LogP contribution in [0.25, 0.3) is 0 Å². The maximum absolute atomic E-state index is 12.3. The van der Waals surface area contributed by atoms with Crippen molar-refractivity contribution in [1.29, 1.82) is 0 Å². The van der Waals surface area contributed by atoms with Gasteiger partial charge in [0, 0.05) is 30.3 Å². The molecule has 3 nitrogen and oxygen atoms in total. The first-order valence-electron chi connectivity index (χ1n) is 7.82. The topological polar surface area (TPSA) is 42.0 Å². The van der Waals surface area contributed by atoms with Crippen LogP contribution < -0.4 is 5.32 Å². The average Bonchev–Trinajstić information content (AvgIpc) is 2.49. The molecule has 0 amide bonds. The van der Waals surface area contributed by atoms with Gasteiger partial charge in [-0.05, 0) is 37.9 Å². The number of hydrogen-bond acceptors (Lipinski definition) is 3. The molecule has 1 saturated carbocycles. The lowest BCUT2D eigenvalue weighted by molar-refractivity contribution is -0.120. The second-order valence-corrected chi connectivity index (χ2v) is 5.99. The molecule has 20 heavy (non-hydrogen) atoms. The van der Waals surface area contributed by atoms with E-state index in [4.69, 9.17) is 0 Å². The molecule has 0 unspecified atom stereocenters. The molecular weight excluding hydrogens is 248 g/mol. The summed E-state index contributed by atoms with van der Waals surface area (Å²) in [5.41, 5.74) is 2.16. The first-order chi connectivity index (χ1) is 9.67. The number of nitrogens with one attached hydrogen (secondary N) is 1. The number of aryl methyl sites for hydroxylation is 1. The van der Waals surface area contributed by atoms with Gasteiger partial charge in [-0.3, -0.25) is 9.78 Å². The van der Waals surface area contributed by atoms with Gasteiger partial charge in [0.25, 0.3) is 0 Å². The van der Waals surface area contributed by atoms with Crippen molar-refractivity contribution in [2.75, 3.05) is 7.05 Å². The minimum absolute atomic E-state index is 0.0404. The third kappa shape index (κ3) is 3.89. The van der Waals surface area contributed by atoms with E-state index in [0.717, 1.165) is 25.0 Å². The van der Waals surface area contributed by atoms with Crippen LogP contribution in [0.1, 0.15) is 56.7 Å². The van der Waals surface area contributed by atoms with Crippen LogP contribution in [-0.2, 0) is 17.6 Å². The third-order valence-corrected chi connectivity index (χ3v) is 4.55. The van der Waals surface area contributed by atoms with Crippen LogP contribution in [0.2, 0.25) is 0 Å². The van der Waals surface area contributed by atoms with Crippen molar-refractivity contribution in [3.05, 3.63) is 29.6 Å². The van der Waals surface area contributed by atoms with Crippen molar-refractivity contribution in [2.45, 2.75) is 63.8 Å². The summed E-state index contributed by atoms with van der Waals surface area (Å²) in [6.07, 6.45) is 10.00. The van der Waals surface area contributed by atoms with Crippen molar-refractivity contribution in [2.24, 2.45) is 0 Å². The highest BCUT2D eigenvalue weighted by Gasteiger charge is 2.32. The predicted octanol–water partition coefficient (Wildman–Crippen LogP) is 3.07. The van der Waals surface area contributed by atoms with Gasteiger partial charge < -0.3 is 5.32 Å². The summed E-state index contributed by atoms with van der Waals surface area (Å²) in [4.78, 5) is 16.7. The molecule has 1 aliphatic rings. The SMILES string of the molecule is CCc1ccc(CC(=O)CC2(NC)CCCCC2)nc1. The van der Waals surface area contributed by atoms with Gasteiger partial charge in [0.2, 0.25) is 0 Å². The van der Waals surface area contributed by atoms with Crippen LogP contribution in [0.15, 0.2) is 18.3 Å². The minimum atomic E-state index is 0.0404. The summed E-state index contributed by atoms with van der Waals surface area (Å²) in [6, 6.07) is 4.06. The van der Waals surface area contributed by atoms with E-state index in [2.05, 4.69) is 23.3 Å². The van der Waals surface area contributed by atoms with Gasteiger partial charge in [-0.25, -0.2) is 0 Å². The van der Waals surface area contributed by atoms with E-state index in [1.165, 1.54) is 24.8 Å². The number of carbonyl (C=O) groups excluding carboxylic acids is 1. The smallest absolute Gasteiger partial charge is 0.140 e. The molecule has 0 saturated heterocycles. The van der Waals surface area contributed by atoms with Crippen LogP contribution in [0.3, 0.4) is 0 Å². The summed E-state index contributed by atoms with van der Waals surface area (Å²) in [7, 11) is 1.99. The summed E-state index contributed by atoms with van der Waals surface area (Å²) in [5.74, 6) is 0.304. The monoisotopic (exact) mass is 274 g/mol. The first-order valence-corrected chi connectivity index (χ1v) is 7.82. The Morgan fingerprint density at radius 2 is 2.05 bits per heavy atom. The number of aromatic nitrogens is 1. The fourth-order valence-electron chi connectivity index (χ4n) is 3.15. The lowest BCUT2D eigenvalue weighted by atomic mass is 9.78. The second kappa shape index (κ2) is 6.98. The Kier molecular flexibility index (Phi) is 5.30. The molecule has 1 aliphatic carbocycles. The lowest BCUT2D eigenvalue weighted by Crippen LogP contribution is -2.46. The van der Waals surface area contributed by atoms with E-state index in [1.54, 1.807) is 0 Å². The van der Waals surface area contributed by atoms with E-state index < -0.39 is 0 Å². The normalized spacial score (nSPS) is 17.9. The summed E-state index contributed by atoms with van der Waals surface area (Å²) >= 11 is 0. The van der Waals surface area contributed by atoms with Crippen LogP contribution in [0.5, 0.6) is 0 Å². The lowest BCUT2D eigenvalue weighted by Gasteiger charge is -2.36. The Morgan fingerprint density at radius 1 is 1.30 bits per heavy atom. The van der Waals surface area contributed by atoms with Crippen LogP contribution in [-0.4, -0.2) is 23.4 Å². The number of Topliss-reactive ketones (excluding diaryl/α,β-unsaturated/α-hetero) is 1. The zero-order valence-electron chi connectivity index (χ0n) is 12.7. The highest BCUT2D eigenvalue weighted by atomic mass is 16.1. The van der Waals surface area contributed by atoms with Gasteiger partial charge in [-0.15, -0.1) is 0 Å². The molecule has 3 heteroatoms. The number of hydrogen-bond donors (Lipinski definition) is 1. The first kappa shape index (κ1) is 15.2. The third-order valence-electron chi connectivity index (χ3n) is 4.55. The van der Waals surface area contributed by atoms with Gasteiger partial charge >= 0.3 is 0 Å². The van der Waals surface area contributed by atoms with Crippen molar-refractivity contribution in [3.8, 4) is 0 Å². The molecule has 1 fully saturated rings. The van der Waals surface area contributed by atoms with E-state index in [0.29, 0.717) is 18.6 Å². The van der Waals surface area contributed by atoms with E-state index >= 15 is 0 Å². The summed E-state index contributed by atoms with van der Waals surface area (Å²) in [5, 5.41) is 3.41. The van der Waals surface area contributed by atoms with Crippen LogP contribution >= 0.6 is 0 Å². The van der Waals surface area contributed by atoms with E-state index in [9.17, 15) is 4.79 Å². The van der Waals surface area contributed by atoms with Gasteiger partial charge in [-0.2, -0.15) is 0 Å². The summed E-state index contributed by atoms with van der Waals surface area (Å²) < 4.78 is 0. The molecule has 0 spiro atoms. The van der Waals surface area contributed by atoms with Crippen molar-refractivity contribution < 1.29 is 4.79 Å². The number of carbonyl (C=O) groups is 1. The predicted molar refractivity (Wildman–Crippen MR) is 81.8 cm³/mol. The van der Waals surface area contributed by atoms with Gasteiger partial charge in [0.15, 0.2) is 0 Å². The van der Waals surface area contributed by atoms with E-state index in [-0.39, 0.29) is 5.54 Å². The van der Waals surface area contributed by atoms with Crippen LogP contribution in [0, 0.1) is 0 Å². The number of ketones is 1. The molecular formula is C17H26N2O. The fourth-order valence-corrected chi connectivity index (χ4v) is 3.15. The minimum Gasteiger partial charge on any atom is -0.314 e. The molecule has 0 radical (unpaired) electrons.